The second-order valence-electron chi connectivity index (χ2n) is 11.2. The summed E-state index contributed by atoms with van der Waals surface area (Å²) in [6.07, 6.45) is 13.6. The van der Waals surface area contributed by atoms with Crippen molar-refractivity contribution < 1.29 is 14.4 Å². The Labute approximate surface area is 186 Å². The van der Waals surface area contributed by atoms with Gasteiger partial charge in [-0.25, -0.2) is 0 Å². The zero-order valence-corrected chi connectivity index (χ0v) is 18.9. The fraction of sp³-hybridized carbons (Fsp3) is 0.880. The van der Waals surface area contributed by atoms with Gasteiger partial charge in [-0.2, -0.15) is 0 Å². The van der Waals surface area contributed by atoms with Gasteiger partial charge in [0.15, 0.2) is 0 Å². The van der Waals surface area contributed by atoms with Gasteiger partial charge in [0.2, 0.25) is 17.7 Å². The number of hydrogen-bond acceptors (Lipinski definition) is 3. The van der Waals surface area contributed by atoms with Gasteiger partial charge in [-0.3, -0.25) is 14.4 Å². The van der Waals surface area contributed by atoms with Gasteiger partial charge in [-0.15, -0.1) is 0 Å². The van der Waals surface area contributed by atoms with Crippen LogP contribution >= 0.6 is 0 Å². The molecular weight excluding hydrogens is 390 g/mol. The SMILES string of the molecule is O=C(NCCCN1CCCCCC1=O)C1CCCN1C(=O)C12CC3CC(CC(C3)C1)C2. The third-order valence-electron chi connectivity index (χ3n) is 8.88. The normalized spacial score (nSPS) is 37.2. The van der Waals surface area contributed by atoms with Gasteiger partial charge in [0.25, 0.3) is 0 Å². The summed E-state index contributed by atoms with van der Waals surface area (Å²) in [6.45, 7) is 2.89. The van der Waals surface area contributed by atoms with Crippen LogP contribution in [0.4, 0.5) is 0 Å². The van der Waals surface area contributed by atoms with Crippen LogP contribution in [-0.4, -0.2) is 59.7 Å². The van der Waals surface area contributed by atoms with Crippen molar-refractivity contribution in [3.05, 3.63) is 0 Å². The van der Waals surface area contributed by atoms with Crippen LogP contribution in [0.1, 0.15) is 83.5 Å². The lowest BCUT2D eigenvalue weighted by molar-refractivity contribution is -0.160. The lowest BCUT2D eigenvalue weighted by Crippen LogP contribution is -2.57. The molecule has 3 amide bonds. The van der Waals surface area contributed by atoms with E-state index in [0.29, 0.717) is 18.9 Å². The number of amides is 3. The monoisotopic (exact) mass is 429 g/mol. The molecule has 1 atom stereocenters. The van der Waals surface area contributed by atoms with Crippen LogP contribution in [0.15, 0.2) is 0 Å². The van der Waals surface area contributed by atoms with Crippen molar-refractivity contribution in [1.82, 2.24) is 15.1 Å². The zero-order chi connectivity index (χ0) is 21.4. The van der Waals surface area contributed by atoms with Gasteiger partial charge in [-0.05, 0) is 88.4 Å². The molecule has 6 aliphatic rings. The van der Waals surface area contributed by atoms with E-state index >= 15 is 0 Å². The van der Waals surface area contributed by atoms with E-state index in [-0.39, 0.29) is 23.3 Å². The third-order valence-corrected chi connectivity index (χ3v) is 8.88. The van der Waals surface area contributed by atoms with E-state index in [1.165, 1.54) is 19.3 Å². The van der Waals surface area contributed by atoms with Crippen LogP contribution in [0.3, 0.4) is 0 Å². The molecule has 6 fully saturated rings. The molecule has 0 spiro atoms. The number of nitrogens with zero attached hydrogens (tertiary/aromatic N) is 2. The highest BCUT2D eigenvalue weighted by Gasteiger charge is 2.56. The van der Waals surface area contributed by atoms with Gasteiger partial charge in [-0.1, -0.05) is 6.42 Å². The molecule has 2 aliphatic heterocycles. The molecule has 31 heavy (non-hydrogen) atoms. The predicted molar refractivity (Wildman–Crippen MR) is 118 cm³/mol. The van der Waals surface area contributed by atoms with Crippen molar-refractivity contribution in [3.63, 3.8) is 0 Å². The molecule has 0 aromatic carbocycles. The average Bonchev–Trinajstić information content (AvgIpc) is 3.14. The third kappa shape index (κ3) is 4.23. The molecule has 1 N–H and O–H groups in total. The molecule has 6 rings (SSSR count). The van der Waals surface area contributed by atoms with E-state index in [1.54, 1.807) is 0 Å². The first-order valence-electron chi connectivity index (χ1n) is 12.9. The molecule has 6 heteroatoms. The number of rotatable bonds is 6. The van der Waals surface area contributed by atoms with Gasteiger partial charge in [0.05, 0.1) is 5.41 Å². The lowest BCUT2D eigenvalue weighted by atomic mass is 9.49. The Morgan fingerprint density at radius 1 is 0.935 bits per heavy atom. The molecule has 4 aliphatic carbocycles. The van der Waals surface area contributed by atoms with Crippen molar-refractivity contribution >= 4 is 17.7 Å². The maximum atomic E-state index is 13.7. The molecule has 0 aromatic heterocycles. The van der Waals surface area contributed by atoms with E-state index < -0.39 is 0 Å². The van der Waals surface area contributed by atoms with Crippen molar-refractivity contribution in [2.24, 2.45) is 23.2 Å². The maximum absolute atomic E-state index is 13.7. The van der Waals surface area contributed by atoms with Crippen molar-refractivity contribution in [2.75, 3.05) is 26.2 Å². The van der Waals surface area contributed by atoms with Crippen molar-refractivity contribution in [2.45, 2.75) is 89.5 Å². The predicted octanol–water partition coefficient (Wildman–Crippen LogP) is 3.10. The first-order valence-corrected chi connectivity index (χ1v) is 12.9. The second-order valence-corrected chi connectivity index (χ2v) is 11.2. The summed E-state index contributed by atoms with van der Waals surface area (Å²) < 4.78 is 0. The van der Waals surface area contributed by atoms with Crippen LogP contribution < -0.4 is 5.32 Å². The smallest absolute Gasteiger partial charge is 0.242 e. The zero-order valence-electron chi connectivity index (χ0n) is 18.9. The van der Waals surface area contributed by atoms with Gasteiger partial charge < -0.3 is 15.1 Å². The molecule has 172 valence electrons. The molecule has 2 saturated heterocycles. The number of carbonyl (C=O) groups is 3. The van der Waals surface area contributed by atoms with Gasteiger partial charge >= 0.3 is 0 Å². The Kier molecular flexibility index (Phi) is 6.00. The average molecular weight is 430 g/mol. The first-order chi connectivity index (χ1) is 15.0. The summed E-state index contributed by atoms with van der Waals surface area (Å²) in [6, 6.07) is -0.291. The van der Waals surface area contributed by atoms with E-state index in [9.17, 15) is 14.4 Å². The summed E-state index contributed by atoms with van der Waals surface area (Å²) in [5.74, 6) is 2.79. The minimum absolute atomic E-state index is 0.0118. The first kappa shape index (κ1) is 21.3. The minimum Gasteiger partial charge on any atom is -0.354 e. The number of nitrogens with one attached hydrogen (secondary N) is 1. The highest BCUT2D eigenvalue weighted by atomic mass is 16.2. The van der Waals surface area contributed by atoms with Crippen molar-refractivity contribution in [3.8, 4) is 0 Å². The molecule has 6 nitrogen and oxygen atoms in total. The van der Waals surface area contributed by atoms with Crippen LogP contribution in [0, 0.1) is 23.2 Å². The molecule has 0 aromatic rings. The Hall–Kier alpha value is -1.59. The second kappa shape index (κ2) is 8.74. The Balaban J connectivity index is 1.14. The van der Waals surface area contributed by atoms with E-state index in [2.05, 4.69) is 5.32 Å². The van der Waals surface area contributed by atoms with Crippen LogP contribution in [-0.2, 0) is 14.4 Å². The van der Waals surface area contributed by atoms with Crippen LogP contribution in [0.2, 0.25) is 0 Å². The summed E-state index contributed by atoms with van der Waals surface area (Å²) in [5.41, 5.74) is -0.162. The van der Waals surface area contributed by atoms with Gasteiger partial charge in [0.1, 0.15) is 6.04 Å². The summed E-state index contributed by atoms with van der Waals surface area (Å²) >= 11 is 0. The molecule has 1 unspecified atom stereocenters. The molecule has 0 radical (unpaired) electrons. The highest BCUT2D eigenvalue weighted by molar-refractivity contribution is 5.91. The van der Waals surface area contributed by atoms with Crippen LogP contribution in [0.5, 0.6) is 0 Å². The molecule has 4 bridgehead atoms. The van der Waals surface area contributed by atoms with E-state index in [1.807, 2.05) is 9.80 Å². The Morgan fingerprint density at radius 2 is 1.65 bits per heavy atom. The molecule has 4 saturated carbocycles. The summed E-state index contributed by atoms with van der Waals surface area (Å²) in [5, 5.41) is 3.08. The van der Waals surface area contributed by atoms with Gasteiger partial charge in [0, 0.05) is 32.6 Å². The lowest BCUT2D eigenvalue weighted by Gasteiger charge is -2.56. The van der Waals surface area contributed by atoms with E-state index in [0.717, 1.165) is 95.2 Å². The standard InChI is InChI=1S/C25H39N3O3/c29-22-7-2-1-3-9-27(22)10-5-8-26-23(30)21-6-4-11-28(21)24(31)25-15-18-12-19(16-25)14-20(13-18)17-25/h18-21H,1-17H2,(H,26,30). The molecule has 2 heterocycles. The largest absolute Gasteiger partial charge is 0.354 e. The topological polar surface area (TPSA) is 69.7 Å². The summed E-state index contributed by atoms with van der Waals surface area (Å²) in [4.78, 5) is 42.7. The van der Waals surface area contributed by atoms with Crippen molar-refractivity contribution in [1.29, 1.82) is 0 Å². The molecular formula is C25H39N3O3. The number of likely N-dealkylation sites (tertiary alicyclic amines) is 2. The number of hydrogen-bond donors (Lipinski definition) is 1. The Morgan fingerprint density at radius 3 is 2.35 bits per heavy atom. The Bertz CT molecular complexity index is 686. The quantitative estimate of drug-likeness (QED) is 0.660. The maximum Gasteiger partial charge on any atom is 0.242 e. The minimum atomic E-state index is -0.291. The number of carbonyl (C=O) groups excluding carboxylic acids is 3. The summed E-state index contributed by atoms with van der Waals surface area (Å²) in [7, 11) is 0. The highest BCUT2D eigenvalue weighted by Crippen LogP contribution is 2.60. The van der Waals surface area contributed by atoms with E-state index in [4.69, 9.17) is 0 Å². The fourth-order valence-corrected chi connectivity index (χ4v) is 7.83. The van der Waals surface area contributed by atoms with Crippen LogP contribution in [0.25, 0.3) is 0 Å². The fourth-order valence-electron chi connectivity index (χ4n) is 7.83.